The zero-order valence-electron chi connectivity index (χ0n) is 12.0. The van der Waals surface area contributed by atoms with E-state index >= 15 is 0 Å². The lowest BCUT2D eigenvalue weighted by Gasteiger charge is -2.06. The van der Waals surface area contributed by atoms with Crippen LogP contribution in [0.1, 0.15) is 10.4 Å². The minimum atomic E-state index is -4.51. The molecule has 0 unspecified atom stereocenters. The van der Waals surface area contributed by atoms with E-state index < -0.39 is 20.1 Å². The molecule has 0 fully saturated rings. The summed E-state index contributed by atoms with van der Waals surface area (Å²) in [5.41, 5.74) is 0.508. The van der Waals surface area contributed by atoms with E-state index in [1.807, 2.05) is 6.07 Å². The van der Waals surface area contributed by atoms with E-state index in [0.29, 0.717) is 17.4 Å². The second-order valence-corrected chi connectivity index (χ2v) is 6.90. The van der Waals surface area contributed by atoms with Gasteiger partial charge < -0.3 is 0 Å². The number of tetrazole rings is 1. The van der Waals surface area contributed by atoms with Crippen molar-refractivity contribution in [2.24, 2.45) is 0 Å². The highest BCUT2D eigenvalue weighted by Crippen LogP contribution is 2.26. The van der Waals surface area contributed by atoms with Crippen molar-refractivity contribution in [2.45, 2.75) is 10.1 Å². The molecule has 3 aromatic rings. The first-order valence-electron chi connectivity index (χ1n) is 6.59. The van der Waals surface area contributed by atoms with E-state index in [2.05, 4.69) is 15.5 Å². The summed E-state index contributed by atoms with van der Waals surface area (Å²) in [6.45, 7) is 0. The maximum absolute atomic E-state index is 12.4. The van der Waals surface area contributed by atoms with Crippen LogP contribution >= 0.6 is 11.8 Å². The van der Waals surface area contributed by atoms with Crippen LogP contribution in [0, 0.1) is 0 Å². The fraction of sp³-hybridized carbons (Fsp3) is 0. The SMILES string of the molecule is O=C(Sc1nnnn1-c1ccccc1)c1ccccc1S(=O)(=O)O. The Labute approximate surface area is 141 Å². The molecule has 0 aliphatic rings. The molecular formula is C14H10N4O4S2. The molecule has 24 heavy (non-hydrogen) atoms. The molecule has 122 valence electrons. The molecule has 2 aromatic carbocycles. The fourth-order valence-electron chi connectivity index (χ4n) is 1.97. The van der Waals surface area contributed by atoms with Crippen LogP contribution < -0.4 is 0 Å². The number of thioether (sulfide) groups is 1. The van der Waals surface area contributed by atoms with Crippen LogP contribution in [0.25, 0.3) is 5.69 Å². The third-order valence-corrected chi connectivity index (χ3v) is 4.76. The number of carbonyl (C=O) groups excluding carboxylic acids is 1. The predicted octanol–water partition coefficient (Wildman–Crippen LogP) is 1.84. The van der Waals surface area contributed by atoms with Gasteiger partial charge in [0, 0.05) is 0 Å². The Kier molecular flexibility index (Phi) is 4.42. The molecule has 1 heterocycles. The van der Waals surface area contributed by atoms with Gasteiger partial charge in [0.1, 0.15) is 4.90 Å². The third kappa shape index (κ3) is 3.35. The number of aromatic nitrogens is 4. The van der Waals surface area contributed by atoms with Gasteiger partial charge >= 0.3 is 0 Å². The summed E-state index contributed by atoms with van der Waals surface area (Å²) < 4.78 is 33.4. The van der Waals surface area contributed by atoms with Crippen LogP contribution in [0.15, 0.2) is 64.6 Å². The highest BCUT2D eigenvalue weighted by molar-refractivity contribution is 8.14. The number of hydrogen-bond acceptors (Lipinski definition) is 7. The van der Waals surface area contributed by atoms with Gasteiger partial charge in [-0.1, -0.05) is 30.3 Å². The van der Waals surface area contributed by atoms with E-state index in [-0.39, 0.29) is 10.7 Å². The number of para-hydroxylation sites is 1. The lowest BCUT2D eigenvalue weighted by Crippen LogP contribution is -2.07. The van der Waals surface area contributed by atoms with Crippen molar-refractivity contribution in [3.05, 3.63) is 60.2 Å². The standard InChI is InChI=1S/C14H10N4O4S2/c19-13(11-8-4-5-9-12(11)24(20,21)22)23-14-15-16-17-18(14)10-6-2-1-3-7-10/h1-9H,(H,20,21,22). The normalized spacial score (nSPS) is 11.4. The maximum Gasteiger partial charge on any atom is 0.295 e. The third-order valence-electron chi connectivity index (χ3n) is 3.01. The first-order chi connectivity index (χ1) is 11.5. The van der Waals surface area contributed by atoms with Crippen LogP contribution in [-0.4, -0.2) is 38.3 Å². The molecule has 0 saturated heterocycles. The van der Waals surface area contributed by atoms with Gasteiger partial charge in [0.25, 0.3) is 10.1 Å². The summed E-state index contributed by atoms with van der Waals surface area (Å²) in [6, 6.07) is 14.3. The largest absolute Gasteiger partial charge is 0.295 e. The minimum absolute atomic E-state index is 0.146. The summed E-state index contributed by atoms with van der Waals surface area (Å²) in [4.78, 5) is 12.0. The Hall–Kier alpha value is -2.56. The summed E-state index contributed by atoms with van der Waals surface area (Å²) in [5.74, 6) is 0. The molecule has 10 heteroatoms. The zero-order chi connectivity index (χ0) is 17.2. The van der Waals surface area contributed by atoms with E-state index in [9.17, 15) is 17.8 Å². The molecule has 0 atom stereocenters. The van der Waals surface area contributed by atoms with Crippen molar-refractivity contribution in [3.63, 3.8) is 0 Å². The van der Waals surface area contributed by atoms with Crippen molar-refractivity contribution in [3.8, 4) is 5.69 Å². The van der Waals surface area contributed by atoms with Gasteiger partial charge in [-0.15, -0.1) is 5.10 Å². The van der Waals surface area contributed by atoms with Gasteiger partial charge in [0.05, 0.1) is 11.3 Å². The highest BCUT2D eigenvalue weighted by Gasteiger charge is 2.22. The Morgan fingerprint density at radius 2 is 1.71 bits per heavy atom. The molecule has 0 radical (unpaired) electrons. The number of carbonyl (C=O) groups is 1. The second-order valence-electron chi connectivity index (χ2n) is 4.57. The smallest absolute Gasteiger partial charge is 0.282 e. The van der Waals surface area contributed by atoms with Gasteiger partial charge in [-0.2, -0.15) is 13.1 Å². The number of benzene rings is 2. The van der Waals surface area contributed by atoms with Crippen molar-refractivity contribution >= 4 is 27.0 Å². The topological polar surface area (TPSA) is 115 Å². The highest BCUT2D eigenvalue weighted by atomic mass is 32.2. The average Bonchev–Trinajstić information content (AvgIpc) is 3.03. The van der Waals surface area contributed by atoms with Crippen molar-refractivity contribution in [1.29, 1.82) is 0 Å². The summed E-state index contributed by atoms with van der Waals surface area (Å²) in [5, 5.41) is 10.7. The van der Waals surface area contributed by atoms with Gasteiger partial charge in [0.15, 0.2) is 0 Å². The van der Waals surface area contributed by atoms with Crippen molar-refractivity contribution < 1.29 is 17.8 Å². The van der Waals surface area contributed by atoms with E-state index in [1.54, 1.807) is 24.3 Å². The predicted molar refractivity (Wildman–Crippen MR) is 85.6 cm³/mol. The molecule has 0 aliphatic carbocycles. The van der Waals surface area contributed by atoms with Crippen LogP contribution in [-0.2, 0) is 10.1 Å². The summed E-state index contributed by atoms with van der Waals surface area (Å²) >= 11 is 0.667. The molecule has 1 aromatic heterocycles. The van der Waals surface area contributed by atoms with Crippen molar-refractivity contribution in [1.82, 2.24) is 20.2 Å². The molecule has 3 rings (SSSR count). The molecule has 8 nitrogen and oxygen atoms in total. The molecule has 0 amide bonds. The van der Waals surface area contributed by atoms with Gasteiger partial charge in [-0.3, -0.25) is 9.35 Å². The molecule has 0 saturated carbocycles. The Morgan fingerprint density at radius 3 is 2.42 bits per heavy atom. The Bertz CT molecular complexity index is 987. The first kappa shape index (κ1) is 16.3. The van der Waals surface area contributed by atoms with Crippen LogP contribution in [0.4, 0.5) is 0 Å². The fourth-order valence-corrected chi connectivity index (χ4v) is 3.49. The van der Waals surface area contributed by atoms with E-state index in [0.717, 1.165) is 6.07 Å². The maximum atomic E-state index is 12.4. The average molecular weight is 362 g/mol. The summed E-state index contributed by atoms with van der Waals surface area (Å²) in [6.07, 6.45) is 0. The summed E-state index contributed by atoms with van der Waals surface area (Å²) in [7, 11) is -4.51. The molecular weight excluding hydrogens is 352 g/mol. The quantitative estimate of drug-likeness (QED) is 0.552. The number of rotatable bonds is 4. The van der Waals surface area contributed by atoms with Crippen LogP contribution in [0.2, 0.25) is 0 Å². The van der Waals surface area contributed by atoms with Gasteiger partial charge in [-0.25, -0.2) is 0 Å². The Morgan fingerprint density at radius 1 is 1.04 bits per heavy atom. The molecule has 0 bridgehead atoms. The lowest BCUT2D eigenvalue weighted by atomic mass is 10.2. The minimum Gasteiger partial charge on any atom is -0.282 e. The monoisotopic (exact) mass is 362 g/mol. The molecule has 0 aliphatic heterocycles. The van der Waals surface area contributed by atoms with Crippen molar-refractivity contribution in [2.75, 3.05) is 0 Å². The van der Waals surface area contributed by atoms with Gasteiger partial charge in [-0.05, 0) is 46.5 Å². The zero-order valence-corrected chi connectivity index (χ0v) is 13.6. The van der Waals surface area contributed by atoms with Crippen LogP contribution in [0.3, 0.4) is 0 Å². The second kappa shape index (κ2) is 6.51. The molecule has 1 N–H and O–H groups in total. The lowest BCUT2D eigenvalue weighted by molar-refractivity contribution is 0.108. The number of nitrogens with zero attached hydrogens (tertiary/aromatic N) is 4. The molecule has 0 spiro atoms. The van der Waals surface area contributed by atoms with E-state index in [4.69, 9.17) is 0 Å². The Balaban J connectivity index is 1.95. The van der Waals surface area contributed by atoms with Crippen LogP contribution in [0.5, 0.6) is 0 Å². The number of hydrogen-bond donors (Lipinski definition) is 1. The van der Waals surface area contributed by atoms with E-state index in [1.165, 1.54) is 22.9 Å². The van der Waals surface area contributed by atoms with Gasteiger partial charge in [0.2, 0.25) is 10.3 Å². The first-order valence-corrected chi connectivity index (χ1v) is 8.85.